The summed E-state index contributed by atoms with van der Waals surface area (Å²) >= 11 is 1.68. The lowest BCUT2D eigenvalue weighted by molar-refractivity contribution is 0.578. The first-order valence-corrected chi connectivity index (χ1v) is 5.71. The van der Waals surface area contributed by atoms with Gasteiger partial charge >= 0.3 is 0 Å². The van der Waals surface area contributed by atoms with Gasteiger partial charge in [0.05, 0.1) is 11.4 Å². The van der Waals surface area contributed by atoms with Crippen LogP contribution in [0.1, 0.15) is 25.2 Å². The van der Waals surface area contributed by atoms with Crippen molar-refractivity contribution in [3.8, 4) is 0 Å². The van der Waals surface area contributed by atoms with Crippen LogP contribution in [-0.2, 0) is 6.54 Å². The highest BCUT2D eigenvalue weighted by Crippen LogP contribution is 2.16. The Morgan fingerprint density at radius 2 is 2.36 bits per heavy atom. The molecular formula is C10H15N3S. The van der Waals surface area contributed by atoms with E-state index in [4.69, 9.17) is 0 Å². The Morgan fingerprint density at radius 1 is 1.57 bits per heavy atom. The van der Waals surface area contributed by atoms with Crippen LogP contribution in [0.5, 0.6) is 0 Å². The lowest BCUT2D eigenvalue weighted by Gasteiger charge is -2.07. The van der Waals surface area contributed by atoms with E-state index in [2.05, 4.69) is 47.0 Å². The van der Waals surface area contributed by atoms with E-state index in [1.165, 1.54) is 5.69 Å². The third-order valence-corrected chi connectivity index (χ3v) is 3.00. The average Bonchev–Trinajstić information content (AvgIpc) is 2.61. The highest BCUT2D eigenvalue weighted by molar-refractivity contribution is 7.15. The summed E-state index contributed by atoms with van der Waals surface area (Å²) in [7, 11) is 0. The van der Waals surface area contributed by atoms with Crippen molar-refractivity contribution in [2.24, 2.45) is 0 Å². The molecular weight excluding hydrogens is 194 g/mol. The zero-order valence-corrected chi connectivity index (χ0v) is 9.56. The second-order valence-corrected chi connectivity index (χ2v) is 4.61. The first kappa shape index (κ1) is 9.68. The van der Waals surface area contributed by atoms with Crippen LogP contribution >= 0.6 is 11.3 Å². The Hall–Kier alpha value is -0.870. The lowest BCUT2D eigenvalue weighted by atomic mass is 10.3. The summed E-state index contributed by atoms with van der Waals surface area (Å²) in [5, 5.41) is 5.48. The molecule has 76 valence electrons. The summed E-state index contributed by atoms with van der Waals surface area (Å²) in [4.78, 5) is 5.58. The summed E-state index contributed by atoms with van der Waals surface area (Å²) in [5.41, 5.74) is 2.40. The number of hydrogen-bond donors (Lipinski definition) is 1. The van der Waals surface area contributed by atoms with Crippen LogP contribution < -0.4 is 5.32 Å². The van der Waals surface area contributed by atoms with E-state index in [1.807, 2.05) is 0 Å². The topological polar surface area (TPSA) is 29.3 Å². The van der Waals surface area contributed by atoms with Crippen LogP contribution in [0.2, 0.25) is 0 Å². The van der Waals surface area contributed by atoms with E-state index in [0.29, 0.717) is 6.04 Å². The summed E-state index contributed by atoms with van der Waals surface area (Å²) in [6.07, 6.45) is 2.08. The van der Waals surface area contributed by atoms with Gasteiger partial charge in [0.15, 0.2) is 4.96 Å². The van der Waals surface area contributed by atoms with Crippen LogP contribution in [0.3, 0.4) is 0 Å². The monoisotopic (exact) mass is 209 g/mol. The number of hydrogen-bond acceptors (Lipinski definition) is 3. The van der Waals surface area contributed by atoms with Crippen molar-refractivity contribution in [2.45, 2.75) is 33.4 Å². The van der Waals surface area contributed by atoms with Crippen molar-refractivity contribution in [1.29, 1.82) is 0 Å². The van der Waals surface area contributed by atoms with Gasteiger partial charge in [-0.05, 0) is 6.92 Å². The fourth-order valence-corrected chi connectivity index (χ4v) is 2.23. The predicted molar refractivity (Wildman–Crippen MR) is 59.8 cm³/mol. The van der Waals surface area contributed by atoms with Crippen LogP contribution in [0, 0.1) is 6.92 Å². The fourth-order valence-electron chi connectivity index (χ4n) is 1.45. The van der Waals surface area contributed by atoms with Gasteiger partial charge in [0.25, 0.3) is 0 Å². The van der Waals surface area contributed by atoms with Crippen LogP contribution in [0.25, 0.3) is 4.96 Å². The Kier molecular flexibility index (Phi) is 2.56. The Labute approximate surface area is 87.8 Å². The van der Waals surface area contributed by atoms with Crippen molar-refractivity contribution < 1.29 is 0 Å². The Balaban J connectivity index is 2.29. The fraction of sp³-hybridized carbons (Fsp3) is 0.500. The van der Waals surface area contributed by atoms with E-state index in [0.717, 1.165) is 17.2 Å². The van der Waals surface area contributed by atoms with Gasteiger partial charge in [-0.2, -0.15) is 0 Å². The summed E-state index contributed by atoms with van der Waals surface area (Å²) in [6, 6.07) is 0.513. The van der Waals surface area contributed by atoms with Gasteiger partial charge in [-0.25, -0.2) is 4.98 Å². The van der Waals surface area contributed by atoms with Gasteiger partial charge in [0.1, 0.15) is 0 Å². The minimum absolute atomic E-state index is 0.513. The molecule has 0 aliphatic carbocycles. The molecule has 0 fully saturated rings. The van der Waals surface area contributed by atoms with Gasteiger partial charge in [-0.15, -0.1) is 11.3 Å². The number of aryl methyl sites for hydroxylation is 1. The highest BCUT2D eigenvalue weighted by atomic mass is 32.1. The summed E-state index contributed by atoms with van der Waals surface area (Å²) in [6.45, 7) is 7.26. The number of rotatable bonds is 3. The van der Waals surface area contributed by atoms with E-state index in [1.54, 1.807) is 11.3 Å². The first-order valence-electron chi connectivity index (χ1n) is 4.83. The van der Waals surface area contributed by atoms with Crippen LogP contribution in [-0.4, -0.2) is 15.4 Å². The van der Waals surface area contributed by atoms with Gasteiger partial charge in [0.2, 0.25) is 0 Å². The van der Waals surface area contributed by atoms with E-state index < -0.39 is 0 Å². The van der Waals surface area contributed by atoms with Crippen molar-refractivity contribution in [3.63, 3.8) is 0 Å². The van der Waals surface area contributed by atoms with Gasteiger partial charge in [0, 0.05) is 24.2 Å². The molecule has 0 aliphatic rings. The minimum atomic E-state index is 0.513. The van der Waals surface area contributed by atoms with Crippen molar-refractivity contribution in [1.82, 2.24) is 14.7 Å². The molecule has 0 saturated heterocycles. The number of aromatic nitrogens is 2. The molecule has 0 bridgehead atoms. The number of fused-ring (bicyclic) bond motifs is 1. The molecule has 2 aromatic rings. The maximum atomic E-state index is 4.49. The normalized spacial score (nSPS) is 11.7. The lowest BCUT2D eigenvalue weighted by Crippen LogP contribution is -2.22. The molecule has 0 atom stereocenters. The van der Waals surface area contributed by atoms with E-state index in [-0.39, 0.29) is 0 Å². The molecule has 4 heteroatoms. The van der Waals surface area contributed by atoms with Gasteiger partial charge in [-0.3, -0.25) is 4.40 Å². The van der Waals surface area contributed by atoms with Gasteiger partial charge in [-0.1, -0.05) is 13.8 Å². The number of imidazole rings is 1. The van der Waals surface area contributed by atoms with Crippen molar-refractivity contribution in [2.75, 3.05) is 0 Å². The molecule has 0 unspecified atom stereocenters. The highest BCUT2D eigenvalue weighted by Gasteiger charge is 2.08. The number of thiazole rings is 1. The van der Waals surface area contributed by atoms with Gasteiger partial charge < -0.3 is 5.32 Å². The SMILES string of the molecule is Cc1nc2sccn2c1CNC(C)C. The molecule has 0 spiro atoms. The molecule has 1 N–H and O–H groups in total. The zero-order valence-electron chi connectivity index (χ0n) is 8.74. The second kappa shape index (κ2) is 3.71. The predicted octanol–water partition coefficient (Wildman–Crippen LogP) is 2.20. The largest absolute Gasteiger partial charge is 0.309 e. The minimum Gasteiger partial charge on any atom is -0.309 e. The molecule has 2 rings (SSSR count). The van der Waals surface area contributed by atoms with E-state index >= 15 is 0 Å². The van der Waals surface area contributed by atoms with Crippen molar-refractivity contribution in [3.05, 3.63) is 23.0 Å². The third-order valence-electron chi connectivity index (χ3n) is 2.24. The standard InChI is InChI=1S/C10H15N3S/c1-7(2)11-6-9-8(3)12-10-13(9)4-5-14-10/h4-5,7,11H,6H2,1-3H3. The molecule has 0 aromatic carbocycles. The Morgan fingerprint density at radius 3 is 3.07 bits per heavy atom. The quantitative estimate of drug-likeness (QED) is 0.839. The molecule has 0 amide bonds. The third kappa shape index (κ3) is 1.67. The number of nitrogens with zero attached hydrogens (tertiary/aromatic N) is 2. The second-order valence-electron chi connectivity index (χ2n) is 3.74. The molecule has 2 heterocycles. The Bertz CT molecular complexity index is 427. The molecule has 0 aliphatic heterocycles. The maximum Gasteiger partial charge on any atom is 0.194 e. The molecule has 3 nitrogen and oxygen atoms in total. The first-order chi connectivity index (χ1) is 6.68. The zero-order chi connectivity index (χ0) is 10.1. The van der Waals surface area contributed by atoms with Crippen LogP contribution in [0.4, 0.5) is 0 Å². The molecule has 0 radical (unpaired) electrons. The number of nitrogens with one attached hydrogen (secondary N) is 1. The van der Waals surface area contributed by atoms with Crippen LogP contribution in [0.15, 0.2) is 11.6 Å². The smallest absolute Gasteiger partial charge is 0.194 e. The maximum absolute atomic E-state index is 4.49. The average molecular weight is 209 g/mol. The van der Waals surface area contributed by atoms with E-state index in [9.17, 15) is 0 Å². The molecule has 0 saturated carbocycles. The summed E-state index contributed by atoms with van der Waals surface area (Å²) in [5.74, 6) is 0. The summed E-state index contributed by atoms with van der Waals surface area (Å²) < 4.78 is 2.16. The van der Waals surface area contributed by atoms with Crippen molar-refractivity contribution >= 4 is 16.3 Å². The molecule has 14 heavy (non-hydrogen) atoms. The molecule has 2 aromatic heterocycles.